The summed E-state index contributed by atoms with van der Waals surface area (Å²) < 4.78 is 53.3. The first-order valence-electron chi connectivity index (χ1n) is 8.14. The number of alkyl halides is 3. The van der Waals surface area contributed by atoms with Crippen LogP contribution in [0.25, 0.3) is 0 Å². The van der Waals surface area contributed by atoms with Crippen LogP contribution in [0.4, 0.5) is 13.2 Å². The Kier molecular flexibility index (Phi) is 4.16. The van der Waals surface area contributed by atoms with Crippen LogP contribution in [0.5, 0.6) is 5.75 Å². The molecular weight excluding hydrogens is 320 g/mol. The molecular formula is C17H22BF3O3. The van der Waals surface area contributed by atoms with E-state index in [4.69, 9.17) is 14.0 Å². The van der Waals surface area contributed by atoms with Gasteiger partial charge in [-0.15, -0.1) is 0 Å². The van der Waals surface area contributed by atoms with Gasteiger partial charge in [0.15, 0.2) is 6.61 Å². The van der Waals surface area contributed by atoms with Crippen molar-refractivity contribution in [2.45, 2.75) is 63.2 Å². The van der Waals surface area contributed by atoms with Crippen LogP contribution in [0.1, 0.15) is 45.6 Å². The number of benzene rings is 1. The molecule has 0 N–H and O–H groups in total. The minimum Gasteiger partial charge on any atom is -0.484 e. The molecule has 1 aromatic rings. The van der Waals surface area contributed by atoms with Gasteiger partial charge in [0.2, 0.25) is 0 Å². The van der Waals surface area contributed by atoms with Crippen molar-refractivity contribution < 1.29 is 27.2 Å². The molecule has 0 bridgehead atoms. The van der Waals surface area contributed by atoms with Gasteiger partial charge in [-0.2, -0.15) is 13.2 Å². The molecule has 0 amide bonds. The van der Waals surface area contributed by atoms with Gasteiger partial charge in [0.25, 0.3) is 0 Å². The molecule has 1 aliphatic carbocycles. The molecule has 2 aliphatic rings. The Balaban J connectivity index is 1.58. The molecule has 0 radical (unpaired) electrons. The predicted octanol–water partition coefficient (Wildman–Crippen LogP) is 4.58. The molecule has 24 heavy (non-hydrogen) atoms. The molecule has 3 nitrogen and oxygen atoms in total. The average Bonchev–Trinajstić information content (AvgIpc) is 3.20. The summed E-state index contributed by atoms with van der Waals surface area (Å²) in [6, 6.07) is 6.81. The van der Waals surface area contributed by atoms with Crippen LogP contribution < -0.4 is 4.74 Å². The molecule has 0 aromatic heterocycles. The van der Waals surface area contributed by atoms with E-state index in [0.29, 0.717) is 5.92 Å². The van der Waals surface area contributed by atoms with Crippen molar-refractivity contribution in [3.05, 3.63) is 29.8 Å². The van der Waals surface area contributed by atoms with E-state index in [-0.39, 0.29) is 29.9 Å². The van der Waals surface area contributed by atoms with Crippen molar-refractivity contribution in [1.82, 2.24) is 0 Å². The van der Waals surface area contributed by atoms with Gasteiger partial charge in [-0.3, -0.25) is 0 Å². The summed E-state index contributed by atoms with van der Waals surface area (Å²) in [4.78, 5) is 0. The van der Waals surface area contributed by atoms with Gasteiger partial charge in [0.05, 0.1) is 11.2 Å². The van der Waals surface area contributed by atoms with Crippen LogP contribution in [0.15, 0.2) is 24.3 Å². The van der Waals surface area contributed by atoms with E-state index in [1.807, 2.05) is 39.8 Å². The quantitative estimate of drug-likeness (QED) is 0.750. The van der Waals surface area contributed by atoms with Gasteiger partial charge >= 0.3 is 13.3 Å². The van der Waals surface area contributed by atoms with Gasteiger partial charge < -0.3 is 14.0 Å². The average molecular weight is 342 g/mol. The maximum absolute atomic E-state index is 12.2. The topological polar surface area (TPSA) is 27.7 Å². The third-order valence-corrected chi connectivity index (χ3v) is 5.17. The Labute approximate surface area is 140 Å². The summed E-state index contributed by atoms with van der Waals surface area (Å²) in [6.07, 6.45) is -3.36. The lowest BCUT2D eigenvalue weighted by Crippen LogP contribution is -2.41. The van der Waals surface area contributed by atoms with E-state index < -0.39 is 12.8 Å². The van der Waals surface area contributed by atoms with E-state index in [1.165, 1.54) is 0 Å². The Bertz CT molecular complexity index is 582. The van der Waals surface area contributed by atoms with E-state index in [9.17, 15) is 13.2 Å². The molecule has 132 valence electrons. The summed E-state index contributed by atoms with van der Waals surface area (Å²) in [5.41, 5.74) is 0.384. The summed E-state index contributed by atoms with van der Waals surface area (Å²) in [6.45, 7) is 6.83. The van der Waals surface area contributed by atoms with E-state index in [2.05, 4.69) is 0 Å². The number of ether oxygens (including phenoxy) is 1. The van der Waals surface area contributed by atoms with Gasteiger partial charge in [-0.05, 0) is 57.7 Å². The minimum atomic E-state index is -4.32. The van der Waals surface area contributed by atoms with Crippen molar-refractivity contribution in [1.29, 1.82) is 0 Å². The van der Waals surface area contributed by atoms with Crippen LogP contribution in [0.2, 0.25) is 5.82 Å². The van der Waals surface area contributed by atoms with E-state index >= 15 is 0 Å². The van der Waals surface area contributed by atoms with Gasteiger partial charge in [-0.25, -0.2) is 0 Å². The van der Waals surface area contributed by atoms with E-state index in [0.717, 1.165) is 12.0 Å². The summed E-state index contributed by atoms with van der Waals surface area (Å²) in [5, 5.41) is 0. The fourth-order valence-electron chi connectivity index (χ4n) is 2.94. The van der Waals surface area contributed by atoms with Crippen LogP contribution in [-0.4, -0.2) is 31.1 Å². The maximum Gasteiger partial charge on any atom is 0.461 e. The fourth-order valence-corrected chi connectivity index (χ4v) is 2.94. The second-order valence-electron chi connectivity index (χ2n) is 7.60. The summed E-state index contributed by atoms with van der Waals surface area (Å²) in [5.74, 6) is 0.827. The highest BCUT2D eigenvalue weighted by atomic mass is 19.4. The zero-order valence-electron chi connectivity index (χ0n) is 14.3. The molecule has 1 aliphatic heterocycles. The largest absolute Gasteiger partial charge is 0.484 e. The molecule has 2 atom stereocenters. The van der Waals surface area contributed by atoms with Crippen LogP contribution in [-0.2, 0) is 9.31 Å². The molecule has 0 unspecified atom stereocenters. The van der Waals surface area contributed by atoms with Crippen LogP contribution in [0.3, 0.4) is 0 Å². The Morgan fingerprint density at radius 3 is 2.12 bits per heavy atom. The molecule has 2 fully saturated rings. The first kappa shape index (κ1) is 17.6. The number of halogens is 3. The highest BCUT2D eigenvalue weighted by Gasteiger charge is 2.59. The van der Waals surface area contributed by atoms with Crippen LogP contribution >= 0.6 is 0 Å². The first-order valence-corrected chi connectivity index (χ1v) is 8.14. The van der Waals surface area contributed by atoms with Crippen molar-refractivity contribution in [3.8, 4) is 5.75 Å². The van der Waals surface area contributed by atoms with E-state index in [1.54, 1.807) is 12.1 Å². The van der Waals surface area contributed by atoms with Crippen molar-refractivity contribution in [2.75, 3.05) is 6.61 Å². The minimum absolute atomic E-state index is 0.226. The van der Waals surface area contributed by atoms with Gasteiger partial charge in [-0.1, -0.05) is 12.1 Å². The molecule has 1 aromatic carbocycles. The second kappa shape index (κ2) is 5.66. The van der Waals surface area contributed by atoms with Crippen molar-refractivity contribution >= 4 is 7.12 Å². The number of hydrogen-bond donors (Lipinski definition) is 0. The normalized spacial score (nSPS) is 28.0. The molecule has 3 rings (SSSR count). The summed E-state index contributed by atoms with van der Waals surface area (Å²) in [7, 11) is -0.235. The predicted molar refractivity (Wildman–Crippen MR) is 85.2 cm³/mol. The first-order chi connectivity index (χ1) is 11.0. The Hall–Kier alpha value is -1.21. The third kappa shape index (κ3) is 3.57. The SMILES string of the molecule is CC1(C)OB([C@H]2C[C@@H]2c2ccc(OCC(F)(F)F)cc2)OC1(C)C. The van der Waals surface area contributed by atoms with Crippen molar-refractivity contribution in [3.63, 3.8) is 0 Å². The highest BCUT2D eigenvalue weighted by Crippen LogP contribution is 2.58. The second-order valence-corrected chi connectivity index (χ2v) is 7.60. The number of hydrogen-bond acceptors (Lipinski definition) is 3. The zero-order valence-corrected chi connectivity index (χ0v) is 14.3. The third-order valence-electron chi connectivity index (χ3n) is 5.17. The van der Waals surface area contributed by atoms with Gasteiger partial charge in [0.1, 0.15) is 5.75 Å². The molecule has 1 heterocycles. The lowest BCUT2D eigenvalue weighted by atomic mass is 9.79. The molecule has 0 spiro atoms. The van der Waals surface area contributed by atoms with Crippen molar-refractivity contribution in [2.24, 2.45) is 0 Å². The van der Waals surface area contributed by atoms with Crippen LogP contribution in [0, 0.1) is 0 Å². The molecule has 1 saturated heterocycles. The van der Waals surface area contributed by atoms with Gasteiger partial charge in [0, 0.05) is 5.82 Å². The smallest absolute Gasteiger partial charge is 0.461 e. The maximum atomic E-state index is 12.2. The standard InChI is InChI=1S/C17H22BF3O3/c1-15(2)16(3,4)24-18(23-15)14-9-13(14)11-5-7-12(8-6-11)22-10-17(19,20)21/h5-8,13-14H,9-10H2,1-4H3/t13-,14+/m1/s1. The Morgan fingerprint density at radius 1 is 1.08 bits per heavy atom. The monoisotopic (exact) mass is 342 g/mol. The zero-order chi connectivity index (χ0) is 17.8. The lowest BCUT2D eigenvalue weighted by molar-refractivity contribution is -0.153. The lowest BCUT2D eigenvalue weighted by Gasteiger charge is -2.32. The molecule has 7 heteroatoms. The fraction of sp³-hybridized carbons (Fsp3) is 0.647. The Morgan fingerprint density at radius 2 is 1.62 bits per heavy atom. The number of rotatable bonds is 4. The summed E-state index contributed by atoms with van der Waals surface area (Å²) >= 11 is 0. The molecule has 1 saturated carbocycles. The highest BCUT2D eigenvalue weighted by molar-refractivity contribution is 6.49.